The van der Waals surface area contributed by atoms with Crippen LogP contribution in [0.15, 0.2) is 10.5 Å². The third-order valence-electron chi connectivity index (χ3n) is 4.04. The van der Waals surface area contributed by atoms with Gasteiger partial charge in [-0.3, -0.25) is 4.90 Å². The molecule has 1 aromatic rings. The monoisotopic (exact) mass is 447 g/mol. The van der Waals surface area contributed by atoms with Crippen LogP contribution < -0.4 is 4.74 Å². The van der Waals surface area contributed by atoms with Gasteiger partial charge in [-0.25, -0.2) is 9.59 Å². The number of carbonyl (C=O) groups excluding carboxylic acids is 1. The largest absolute Gasteiger partial charge is 0.487 e. The number of carboxylic acids is 1. The van der Waals surface area contributed by atoms with Crippen molar-refractivity contribution < 1.29 is 24.2 Å². The van der Waals surface area contributed by atoms with Crippen molar-refractivity contribution in [1.29, 1.82) is 0 Å². The van der Waals surface area contributed by atoms with E-state index in [4.69, 9.17) is 21.1 Å². The quantitative estimate of drug-likeness (QED) is 0.733. The van der Waals surface area contributed by atoms with Gasteiger partial charge in [0.15, 0.2) is 0 Å². The topological polar surface area (TPSA) is 76.1 Å². The molecule has 0 saturated carbocycles. The van der Waals surface area contributed by atoms with Crippen LogP contribution >= 0.6 is 27.5 Å². The lowest BCUT2D eigenvalue weighted by atomic mass is 10.1. The van der Waals surface area contributed by atoms with Crippen molar-refractivity contribution in [3.05, 3.63) is 26.7 Å². The first kappa shape index (κ1) is 20.8. The number of carboxylic acid groups (broad SMARTS) is 1. The summed E-state index contributed by atoms with van der Waals surface area (Å²) in [5.74, 6) is -0.505. The Morgan fingerprint density at radius 1 is 1.35 bits per heavy atom. The van der Waals surface area contributed by atoms with Gasteiger partial charge in [-0.2, -0.15) is 0 Å². The number of hydrogen-bond donors (Lipinski definition) is 1. The molecule has 0 spiro atoms. The number of rotatable bonds is 3. The van der Waals surface area contributed by atoms with Crippen molar-refractivity contribution in [2.45, 2.75) is 58.8 Å². The first-order chi connectivity index (χ1) is 11.9. The zero-order valence-corrected chi connectivity index (χ0v) is 17.8. The lowest BCUT2D eigenvalue weighted by Gasteiger charge is -2.26. The number of aryl methyl sites for hydroxylation is 1. The number of amides is 1. The van der Waals surface area contributed by atoms with Gasteiger partial charge in [-0.15, -0.1) is 0 Å². The molecule has 0 aliphatic carbocycles. The predicted molar refractivity (Wildman–Crippen MR) is 102 cm³/mol. The third kappa shape index (κ3) is 4.62. The fraction of sp³-hybridized carbons (Fsp3) is 0.556. The molecule has 6 nitrogen and oxygen atoms in total. The van der Waals surface area contributed by atoms with E-state index in [1.807, 2.05) is 13.8 Å². The molecule has 0 radical (unpaired) electrons. The first-order valence-electron chi connectivity index (χ1n) is 8.25. The molecule has 2 rings (SSSR count). The fourth-order valence-corrected chi connectivity index (χ4v) is 3.47. The van der Waals surface area contributed by atoms with Crippen LogP contribution in [0.1, 0.15) is 38.3 Å². The van der Waals surface area contributed by atoms with Gasteiger partial charge in [0.25, 0.3) is 0 Å². The summed E-state index contributed by atoms with van der Waals surface area (Å²) < 4.78 is 12.0. The summed E-state index contributed by atoms with van der Waals surface area (Å²) in [7, 11) is 0. The highest BCUT2D eigenvalue weighted by Gasteiger charge is 2.42. The van der Waals surface area contributed by atoms with E-state index < -0.39 is 29.8 Å². The molecule has 1 aromatic carbocycles. The summed E-state index contributed by atoms with van der Waals surface area (Å²) in [6, 6.07) is 0.814. The van der Waals surface area contributed by atoms with Gasteiger partial charge in [0.1, 0.15) is 23.5 Å². The van der Waals surface area contributed by atoms with Crippen LogP contribution in [0.3, 0.4) is 0 Å². The minimum absolute atomic E-state index is 0.138. The van der Waals surface area contributed by atoms with Gasteiger partial charge >= 0.3 is 12.1 Å². The molecule has 26 heavy (non-hydrogen) atoms. The van der Waals surface area contributed by atoms with Gasteiger partial charge in [0, 0.05) is 11.4 Å². The average Bonchev–Trinajstić information content (AvgIpc) is 2.93. The Balaban J connectivity index is 2.20. The van der Waals surface area contributed by atoms with E-state index >= 15 is 0 Å². The van der Waals surface area contributed by atoms with Gasteiger partial charge in [0.2, 0.25) is 0 Å². The van der Waals surface area contributed by atoms with Crippen LogP contribution in [-0.2, 0) is 9.53 Å². The van der Waals surface area contributed by atoms with Crippen LogP contribution in [0, 0.1) is 13.8 Å². The van der Waals surface area contributed by atoms with Crippen molar-refractivity contribution >= 4 is 39.6 Å². The van der Waals surface area contributed by atoms with Crippen molar-refractivity contribution in [2.24, 2.45) is 0 Å². The molecule has 144 valence electrons. The Bertz CT molecular complexity index is 731. The van der Waals surface area contributed by atoms with Crippen LogP contribution in [0.5, 0.6) is 5.75 Å². The van der Waals surface area contributed by atoms with Crippen LogP contribution in [0.2, 0.25) is 5.02 Å². The molecule has 1 aliphatic heterocycles. The van der Waals surface area contributed by atoms with Crippen molar-refractivity contribution in [1.82, 2.24) is 4.90 Å². The smallest absolute Gasteiger partial charge is 0.411 e. The molecule has 1 heterocycles. The molecule has 2 atom stereocenters. The maximum atomic E-state index is 12.4. The van der Waals surface area contributed by atoms with Crippen molar-refractivity contribution in [3.8, 4) is 5.75 Å². The van der Waals surface area contributed by atoms with E-state index in [1.165, 1.54) is 4.90 Å². The number of nitrogens with zero attached hydrogens (tertiary/aromatic N) is 1. The molecule has 1 amide bonds. The second-order valence-corrected chi connectivity index (χ2v) is 8.58. The summed E-state index contributed by atoms with van der Waals surface area (Å²) in [6.45, 7) is 9.09. The number of benzene rings is 1. The minimum Gasteiger partial charge on any atom is -0.487 e. The van der Waals surface area contributed by atoms with Crippen LogP contribution in [0.25, 0.3) is 0 Å². The van der Waals surface area contributed by atoms with Crippen LogP contribution in [0.4, 0.5) is 4.79 Å². The van der Waals surface area contributed by atoms with Crippen LogP contribution in [-0.4, -0.2) is 46.4 Å². The van der Waals surface area contributed by atoms with E-state index in [-0.39, 0.29) is 13.0 Å². The summed E-state index contributed by atoms with van der Waals surface area (Å²) in [5.41, 5.74) is 1.00. The second kappa shape index (κ2) is 7.64. The zero-order valence-electron chi connectivity index (χ0n) is 15.4. The molecular formula is C18H23BrClNO5. The first-order valence-corrected chi connectivity index (χ1v) is 9.42. The predicted octanol–water partition coefficient (Wildman–Crippen LogP) is 4.56. The summed E-state index contributed by atoms with van der Waals surface area (Å²) in [6.07, 6.45) is -0.930. The molecule has 1 aliphatic rings. The average molecular weight is 449 g/mol. The number of carbonyl (C=O) groups is 2. The Kier molecular flexibility index (Phi) is 6.13. The normalized spacial score (nSPS) is 20.2. The highest BCUT2D eigenvalue weighted by Crippen LogP contribution is 2.37. The Labute approximate surface area is 166 Å². The number of likely N-dealkylation sites (tertiary alicyclic amines) is 1. The molecule has 0 aromatic heterocycles. The molecule has 0 unspecified atom stereocenters. The standard InChI is InChI=1S/C18H23BrClNO5/c1-9-6-13(14(19)10(2)15(9)20)25-11-7-12(16(22)23)21(8-11)17(24)26-18(3,4)5/h6,11-12H,7-8H2,1-5H3,(H,22,23)/t11-,12-/m0/s1. The number of aliphatic carboxylic acids is 1. The van der Waals surface area contributed by atoms with Crippen molar-refractivity contribution in [2.75, 3.05) is 6.54 Å². The Morgan fingerprint density at radius 2 is 1.96 bits per heavy atom. The molecule has 1 N–H and O–H groups in total. The Morgan fingerprint density at radius 3 is 2.50 bits per heavy atom. The highest BCUT2D eigenvalue weighted by molar-refractivity contribution is 9.10. The van der Waals surface area contributed by atoms with Gasteiger partial charge < -0.3 is 14.6 Å². The van der Waals surface area contributed by atoms with E-state index in [9.17, 15) is 14.7 Å². The van der Waals surface area contributed by atoms with Gasteiger partial charge in [-0.1, -0.05) is 11.6 Å². The molecule has 0 bridgehead atoms. The van der Waals surface area contributed by atoms with E-state index in [1.54, 1.807) is 26.8 Å². The van der Waals surface area contributed by atoms with Crippen molar-refractivity contribution in [3.63, 3.8) is 0 Å². The molecule has 8 heteroatoms. The SMILES string of the molecule is Cc1cc(O[C@H]2C[C@@H](C(=O)O)N(C(=O)OC(C)(C)C)C2)c(Br)c(C)c1Cl. The van der Waals surface area contributed by atoms with E-state index in [0.717, 1.165) is 15.6 Å². The minimum atomic E-state index is -1.08. The number of hydrogen-bond acceptors (Lipinski definition) is 4. The van der Waals surface area contributed by atoms with E-state index in [2.05, 4.69) is 15.9 Å². The fourth-order valence-electron chi connectivity index (χ4n) is 2.80. The van der Waals surface area contributed by atoms with E-state index in [0.29, 0.717) is 10.8 Å². The summed E-state index contributed by atoms with van der Waals surface area (Å²) in [4.78, 5) is 25.1. The molecular weight excluding hydrogens is 426 g/mol. The maximum Gasteiger partial charge on any atom is 0.411 e. The van der Waals surface area contributed by atoms with Gasteiger partial charge in [-0.05, 0) is 67.7 Å². The molecule has 1 saturated heterocycles. The second-order valence-electron chi connectivity index (χ2n) is 7.41. The Hall–Kier alpha value is -1.47. The van der Waals surface area contributed by atoms with Gasteiger partial charge in [0.05, 0.1) is 11.0 Å². The maximum absolute atomic E-state index is 12.4. The molecule has 1 fully saturated rings. The number of halogens is 2. The zero-order chi connectivity index (χ0) is 19.8. The lowest BCUT2D eigenvalue weighted by Crippen LogP contribution is -2.43. The third-order valence-corrected chi connectivity index (χ3v) is 5.61. The highest BCUT2D eigenvalue weighted by atomic mass is 79.9. The number of ether oxygens (including phenoxy) is 2. The lowest BCUT2D eigenvalue weighted by molar-refractivity contribution is -0.142. The summed E-state index contributed by atoms with van der Waals surface area (Å²) in [5, 5.41) is 10.1. The summed E-state index contributed by atoms with van der Waals surface area (Å²) >= 11 is 9.70.